The number of imide groups is 1. The van der Waals surface area contributed by atoms with Gasteiger partial charge in [0.05, 0.1) is 11.3 Å². The van der Waals surface area contributed by atoms with Crippen LogP contribution in [0, 0.1) is 0 Å². The van der Waals surface area contributed by atoms with Crippen molar-refractivity contribution in [3.8, 4) is 5.69 Å². The summed E-state index contributed by atoms with van der Waals surface area (Å²) < 4.78 is 6.43. The minimum Gasteiger partial charge on any atom is -0.452 e. The first kappa shape index (κ1) is 18.1. The van der Waals surface area contributed by atoms with Crippen molar-refractivity contribution in [2.45, 2.75) is 26.3 Å². The van der Waals surface area contributed by atoms with E-state index in [4.69, 9.17) is 4.74 Å². The molecule has 0 saturated heterocycles. The van der Waals surface area contributed by atoms with E-state index in [-0.39, 0.29) is 11.6 Å². The number of carbonyl (C=O) groups is 3. The number of rotatable bonds is 6. The second kappa shape index (κ2) is 8.57. The van der Waals surface area contributed by atoms with Gasteiger partial charge in [-0.1, -0.05) is 6.92 Å². The molecule has 1 aromatic heterocycles. The fraction of sp³-hybridized carbons (Fsp3) is 0.312. The van der Waals surface area contributed by atoms with Gasteiger partial charge < -0.3 is 10.1 Å². The first-order valence-electron chi connectivity index (χ1n) is 7.72. The van der Waals surface area contributed by atoms with Gasteiger partial charge in [-0.05, 0) is 37.6 Å². The van der Waals surface area contributed by atoms with Crippen molar-refractivity contribution in [1.29, 1.82) is 0 Å². The summed E-state index contributed by atoms with van der Waals surface area (Å²) in [4.78, 5) is 38.8. The van der Waals surface area contributed by atoms with E-state index in [1.165, 1.54) is 12.7 Å². The molecule has 132 valence electrons. The van der Waals surface area contributed by atoms with E-state index in [0.29, 0.717) is 0 Å². The lowest BCUT2D eigenvalue weighted by Gasteiger charge is -2.11. The van der Waals surface area contributed by atoms with E-state index in [9.17, 15) is 14.4 Å². The normalized spacial score (nSPS) is 11.4. The Morgan fingerprint density at radius 3 is 2.56 bits per heavy atom. The number of carbonyl (C=O) groups excluding carboxylic acids is 3. The molecule has 2 aromatic rings. The lowest BCUT2D eigenvalue weighted by atomic mass is 10.2. The van der Waals surface area contributed by atoms with Crippen LogP contribution in [0.3, 0.4) is 0 Å². The number of nitrogens with one attached hydrogen (secondary N) is 2. The average molecular weight is 345 g/mol. The fourth-order valence-electron chi connectivity index (χ4n) is 1.83. The summed E-state index contributed by atoms with van der Waals surface area (Å²) in [7, 11) is 0. The smallest absolute Gasteiger partial charge is 0.338 e. The second-order valence-electron chi connectivity index (χ2n) is 5.29. The molecule has 9 nitrogen and oxygen atoms in total. The number of amides is 3. The molecule has 1 aromatic carbocycles. The number of esters is 1. The predicted molar refractivity (Wildman–Crippen MR) is 88.1 cm³/mol. The number of hydrogen-bond acceptors (Lipinski definition) is 6. The minimum atomic E-state index is -0.701. The third-order valence-corrected chi connectivity index (χ3v) is 3.36. The Bertz CT molecular complexity index is 727. The van der Waals surface area contributed by atoms with Gasteiger partial charge in [-0.15, -0.1) is 0 Å². The molecule has 3 amide bonds. The molecule has 0 radical (unpaired) electrons. The number of urea groups is 1. The van der Waals surface area contributed by atoms with Crippen molar-refractivity contribution in [1.82, 2.24) is 25.4 Å². The van der Waals surface area contributed by atoms with Crippen molar-refractivity contribution in [3.63, 3.8) is 0 Å². The van der Waals surface area contributed by atoms with Gasteiger partial charge in [-0.25, -0.2) is 19.3 Å². The van der Waals surface area contributed by atoms with E-state index in [1.54, 1.807) is 28.9 Å². The van der Waals surface area contributed by atoms with Crippen molar-refractivity contribution in [3.05, 3.63) is 42.5 Å². The van der Waals surface area contributed by atoms with Crippen LogP contribution in [0.2, 0.25) is 0 Å². The Morgan fingerprint density at radius 2 is 1.96 bits per heavy atom. The van der Waals surface area contributed by atoms with E-state index in [2.05, 4.69) is 20.7 Å². The highest BCUT2D eigenvalue weighted by molar-refractivity contribution is 5.97. The van der Waals surface area contributed by atoms with E-state index in [1.807, 2.05) is 13.8 Å². The van der Waals surface area contributed by atoms with Gasteiger partial charge in [0.25, 0.3) is 5.91 Å². The van der Waals surface area contributed by atoms with Gasteiger partial charge >= 0.3 is 12.0 Å². The van der Waals surface area contributed by atoms with Crippen LogP contribution in [0.5, 0.6) is 0 Å². The lowest BCUT2D eigenvalue weighted by Crippen LogP contribution is -2.44. The zero-order valence-electron chi connectivity index (χ0n) is 13.9. The number of aromatic nitrogens is 3. The quantitative estimate of drug-likeness (QED) is 0.756. The third kappa shape index (κ3) is 5.41. The maximum Gasteiger partial charge on any atom is 0.338 e. The van der Waals surface area contributed by atoms with Crippen LogP contribution >= 0.6 is 0 Å². The third-order valence-electron chi connectivity index (χ3n) is 3.36. The van der Waals surface area contributed by atoms with Gasteiger partial charge in [-0.2, -0.15) is 5.10 Å². The molecule has 0 aliphatic rings. The topological polar surface area (TPSA) is 115 Å². The Morgan fingerprint density at radius 1 is 1.24 bits per heavy atom. The van der Waals surface area contributed by atoms with Gasteiger partial charge in [-0.3, -0.25) is 10.1 Å². The van der Waals surface area contributed by atoms with Gasteiger partial charge in [0.15, 0.2) is 6.61 Å². The molecule has 0 spiro atoms. The van der Waals surface area contributed by atoms with Crippen molar-refractivity contribution >= 4 is 17.9 Å². The first-order chi connectivity index (χ1) is 12.0. The molecule has 0 unspecified atom stereocenters. The molecule has 0 aliphatic heterocycles. The highest BCUT2D eigenvalue weighted by atomic mass is 16.5. The molecule has 0 saturated carbocycles. The summed E-state index contributed by atoms with van der Waals surface area (Å²) in [5.74, 6) is -1.36. The molecular formula is C16H19N5O4. The SMILES string of the molecule is CC[C@@H](C)NC(=O)NC(=O)COC(=O)c1ccc(-n2cncn2)cc1. The summed E-state index contributed by atoms with van der Waals surface area (Å²) >= 11 is 0. The lowest BCUT2D eigenvalue weighted by molar-refractivity contribution is -0.123. The van der Waals surface area contributed by atoms with Crippen molar-refractivity contribution in [2.75, 3.05) is 6.61 Å². The molecule has 1 heterocycles. The zero-order chi connectivity index (χ0) is 18.2. The summed E-state index contributed by atoms with van der Waals surface area (Å²) in [5, 5.41) is 8.64. The molecule has 0 bridgehead atoms. The van der Waals surface area contributed by atoms with Crippen LogP contribution in [0.4, 0.5) is 4.79 Å². The minimum absolute atomic E-state index is 0.0566. The molecule has 2 rings (SSSR count). The monoisotopic (exact) mass is 345 g/mol. The summed E-state index contributed by atoms with van der Waals surface area (Å²) in [6, 6.07) is 5.77. The van der Waals surface area contributed by atoms with Crippen LogP contribution in [0.1, 0.15) is 30.6 Å². The Hall–Kier alpha value is -3.23. The van der Waals surface area contributed by atoms with Gasteiger partial charge in [0.2, 0.25) is 0 Å². The summed E-state index contributed by atoms with van der Waals surface area (Å²) in [6.45, 7) is 3.17. The maximum atomic E-state index is 11.9. The standard InChI is InChI=1S/C16H19N5O4/c1-3-11(2)19-16(24)20-14(22)8-25-15(23)12-4-6-13(7-5-12)21-10-17-9-18-21/h4-7,9-11H,3,8H2,1-2H3,(H2,19,20,22,24)/t11-/m1/s1. The molecule has 2 N–H and O–H groups in total. The largest absolute Gasteiger partial charge is 0.452 e. The molecule has 0 fully saturated rings. The van der Waals surface area contributed by atoms with Crippen LogP contribution in [0.15, 0.2) is 36.9 Å². The summed E-state index contributed by atoms with van der Waals surface area (Å²) in [5.41, 5.74) is 1.01. The highest BCUT2D eigenvalue weighted by Crippen LogP contribution is 2.09. The number of benzene rings is 1. The van der Waals surface area contributed by atoms with Crippen LogP contribution in [-0.4, -0.2) is 45.3 Å². The van der Waals surface area contributed by atoms with E-state index >= 15 is 0 Å². The van der Waals surface area contributed by atoms with Crippen LogP contribution in [0.25, 0.3) is 5.69 Å². The van der Waals surface area contributed by atoms with Gasteiger partial charge in [0.1, 0.15) is 12.7 Å². The fourth-order valence-corrected chi connectivity index (χ4v) is 1.83. The van der Waals surface area contributed by atoms with E-state index in [0.717, 1.165) is 12.1 Å². The number of ether oxygens (including phenoxy) is 1. The molecule has 25 heavy (non-hydrogen) atoms. The Balaban J connectivity index is 1.81. The van der Waals surface area contributed by atoms with Crippen molar-refractivity contribution in [2.24, 2.45) is 0 Å². The summed E-state index contributed by atoms with van der Waals surface area (Å²) in [6.07, 6.45) is 3.67. The average Bonchev–Trinajstić information content (AvgIpc) is 3.14. The second-order valence-corrected chi connectivity index (χ2v) is 5.29. The van der Waals surface area contributed by atoms with Crippen LogP contribution < -0.4 is 10.6 Å². The van der Waals surface area contributed by atoms with E-state index < -0.39 is 24.5 Å². The Kier molecular flexibility index (Phi) is 6.21. The van der Waals surface area contributed by atoms with Crippen LogP contribution in [-0.2, 0) is 9.53 Å². The predicted octanol–water partition coefficient (Wildman–Crippen LogP) is 1.05. The van der Waals surface area contributed by atoms with Crippen molar-refractivity contribution < 1.29 is 19.1 Å². The molecular weight excluding hydrogens is 326 g/mol. The number of nitrogens with zero attached hydrogens (tertiary/aromatic N) is 3. The Labute approximate surface area is 144 Å². The maximum absolute atomic E-state index is 11.9. The molecule has 9 heteroatoms. The highest BCUT2D eigenvalue weighted by Gasteiger charge is 2.13. The molecule has 1 atom stereocenters. The molecule has 0 aliphatic carbocycles. The number of hydrogen-bond donors (Lipinski definition) is 2. The first-order valence-corrected chi connectivity index (χ1v) is 7.72. The zero-order valence-corrected chi connectivity index (χ0v) is 13.9. The van der Waals surface area contributed by atoms with Gasteiger partial charge in [0, 0.05) is 6.04 Å².